The molecule has 8 heteroatoms. The molecule has 1 aromatic heterocycles. The number of carbonyl (C=O) groups excluding carboxylic acids is 1. The van der Waals surface area contributed by atoms with Crippen molar-refractivity contribution in [1.29, 1.82) is 0 Å². The molecule has 0 aliphatic heterocycles. The first-order valence-electron chi connectivity index (χ1n) is 8.74. The maximum Gasteiger partial charge on any atom is 0.251 e. The fraction of sp³-hybridized carbons (Fsp3) is 0.368. The number of furan rings is 1. The van der Waals surface area contributed by atoms with Gasteiger partial charge in [-0.05, 0) is 44.2 Å². The van der Waals surface area contributed by atoms with Crippen LogP contribution >= 0.6 is 15.9 Å². The highest BCUT2D eigenvalue weighted by Crippen LogP contribution is 2.20. The molecule has 0 spiro atoms. The van der Waals surface area contributed by atoms with Crippen LogP contribution in [-0.2, 0) is 5.60 Å². The minimum atomic E-state index is -1.19. The maximum absolute atomic E-state index is 12.1. The lowest BCUT2D eigenvalue weighted by Crippen LogP contribution is -2.42. The lowest BCUT2D eigenvalue weighted by Gasteiger charge is -2.19. The third-order valence-electron chi connectivity index (χ3n) is 3.73. The summed E-state index contributed by atoms with van der Waals surface area (Å²) in [6, 6.07) is 10.7. The number of aliphatic hydroxyl groups is 1. The Morgan fingerprint density at radius 2 is 2.00 bits per heavy atom. The lowest BCUT2D eigenvalue weighted by atomic mass is 10.0. The van der Waals surface area contributed by atoms with E-state index in [1.807, 2.05) is 19.1 Å². The number of amides is 1. The zero-order valence-electron chi connectivity index (χ0n) is 15.5. The minimum absolute atomic E-state index is 0.138. The lowest BCUT2D eigenvalue weighted by molar-refractivity contribution is 0.0437. The van der Waals surface area contributed by atoms with Crippen LogP contribution in [0.1, 0.15) is 30.0 Å². The van der Waals surface area contributed by atoms with Gasteiger partial charge in [-0.2, -0.15) is 0 Å². The zero-order valence-corrected chi connectivity index (χ0v) is 17.0. The molecular weight excluding hydrogens is 412 g/mol. The highest BCUT2D eigenvalue weighted by atomic mass is 79.9. The molecule has 7 nitrogen and oxygen atoms in total. The molecular formula is C19H25BrN4O3. The molecule has 1 amide bonds. The first-order valence-corrected chi connectivity index (χ1v) is 9.54. The second-order valence-electron chi connectivity index (χ2n) is 6.14. The molecule has 1 unspecified atom stereocenters. The zero-order chi connectivity index (χ0) is 19.7. The summed E-state index contributed by atoms with van der Waals surface area (Å²) in [5.41, 5.74) is -0.597. The highest BCUT2D eigenvalue weighted by Gasteiger charge is 2.26. The van der Waals surface area contributed by atoms with E-state index >= 15 is 0 Å². The summed E-state index contributed by atoms with van der Waals surface area (Å²) in [5.74, 6) is 0.880. The smallest absolute Gasteiger partial charge is 0.251 e. The van der Waals surface area contributed by atoms with E-state index in [4.69, 9.17) is 4.42 Å². The van der Waals surface area contributed by atoms with Crippen molar-refractivity contribution in [1.82, 2.24) is 16.0 Å². The molecule has 2 aromatic rings. The predicted molar refractivity (Wildman–Crippen MR) is 109 cm³/mol. The molecule has 2 rings (SSSR count). The number of halogens is 1. The number of benzene rings is 1. The van der Waals surface area contributed by atoms with Crippen LogP contribution in [0, 0.1) is 0 Å². The number of hydrogen-bond acceptors (Lipinski definition) is 4. The Labute approximate surface area is 167 Å². The fourth-order valence-corrected chi connectivity index (χ4v) is 2.73. The molecule has 0 saturated carbocycles. The number of rotatable bonds is 8. The van der Waals surface area contributed by atoms with Crippen LogP contribution in [0.5, 0.6) is 0 Å². The molecule has 27 heavy (non-hydrogen) atoms. The SMILES string of the molecule is CCNC(=NCC(C)(O)c1ccco1)NCCNC(=O)c1cccc(Br)c1. The van der Waals surface area contributed by atoms with E-state index in [1.54, 1.807) is 31.2 Å². The Kier molecular flexibility index (Phi) is 7.87. The number of nitrogens with zero attached hydrogens (tertiary/aromatic N) is 1. The van der Waals surface area contributed by atoms with E-state index in [1.165, 1.54) is 6.26 Å². The number of hydrogen-bond donors (Lipinski definition) is 4. The first-order chi connectivity index (χ1) is 12.9. The molecule has 0 aliphatic rings. The minimum Gasteiger partial charge on any atom is -0.466 e. The molecule has 0 radical (unpaired) electrons. The monoisotopic (exact) mass is 436 g/mol. The van der Waals surface area contributed by atoms with E-state index in [0.29, 0.717) is 36.9 Å². The summed E-state index contributed by atoms with van der Waals surface area (Å²) in [5, 5.41) is 19.6. The summed E-state index contributed by atoms with van der Waals surface area (Å²) in [4.78, 5) is 16.5. The third kappa shape index (κ3) is 6.73. The quantitative estimate of drug-likeness (QED) is 0.289. The standard InChI is InChI=1S/C19H25BrN4O3/c1-3-21-18(24-13-19(2,26)16-8-5-11-27-16)23-10-9-22-17(25)14-6-4-7-15(20)12-14/h4-8,11-12,26H,3,9-10,13H2,1-2H3,(H,22,25)(H2,21,23,24). The van der Waals surface area contributed by atoms with Gasteiger partial charge in [-0.3, -0.25) is 4.79 Å². The summed E-state index contributed by atoms with van der Waals surface area (Å²) >= 11 is 3.35. The van der Waals surface area contributed by atoms with Gasteiger partial charge in [-0.1, -0.05) is 22.0 Å². The van der Waals surface area contributed by atoms with Crippen molar-refractivity contribution in [2.24, 2.45) is 4.99 Å². The van der Waals surface area contributed by atoms with Crippen LogP contribution in [0.15, 0.2) is 56.5 Å². The Morgan fingerprint density at radius 3 is 2.67 bits per heavy atom. The number of nitrogens with one attached hydrogen (secondary N) is 3. The van der Waals surface area contributed by atoms with Gasteiger partial charge >= 0.3 is 0 Å². The molecule has 0 fully saturated rings. The Bertz CT molecular complexity index is 760. The van der Waals surface area contributed by atoms with Crippen molar-refractivity contribution in [3.63, 3.8) is 0 Å². The molecule has 1 atom stereocenters. The average Bonchev–Trinajstić information content (AvgIpc) is 3.18. The summed E-state index contributed by atoms with van der Waals surface area (Å²) < 4.78 is 6.11. The van der Waals surface area contributed by atoms with Crippen molar-refractivity contribution in [2.75, 3.05) is 26.2 Å². The van der Waals surface area contributed by atoms with E-state index in [9.17, 15) is 9.90 Å². The predicted octanol–water partition coefficient (Wildman–Crippen LogP) is 2.23. The first kappa shape index (κ1) is 21.0. The van der Waals surface area contributed by atoms with Gasteiger partial charge in [-0.25, -0.2) is 4.99 Å². The number of guanidine groups is 1. The van der Waals surface area contributed by atoms with Gasteiger partial charge in [0.25, 0.3) is 5.91 Å². The molecule has 0 saturated heterocycles. The number of aliphatic imine (C=N–C) groups is 1. The Morgan fingerprint density at radius 1 is 1.22 bits per heavy atom. The molecule has 4 N–H and O–H groups in total. The molecule has 1 aromatic carbocycles. The van der Waals surface area contributed by atoms with Crippen molar-refractivity contribution in [3.8, 4) is 0 Å². The highest BCUT2D eigenvalue weighted by molar-refractivity contribution is 9.10. The van der Waals surface area contributed by atoms with E-state index in [-0.39, 0.29) is 12.5 Å². The van der Waals surface area contributed by atoms with Crippen molar-refractivity contribution >= 4 is 27.8 Å². The van der Waals surface area contributed by atoms with Crippen LogP contribution < -0.4 is 16.0 Å². The van der Waals surface area contributed by atoms with Gasteiger partial charge in [0.2, 0.25) is 0 Å². The molecule has 0 bridgehead atoms. The van der Waals surface area contributed by atoms with Crippen LogP contribution in [0.3, 0.4) is 0 Å². The van der Waals surface area contributed by atoms with E-state index < -0.39 is 5.60 Å². The van der Waals surface area contributed by atoms with E-state index in [2.05, 4.69) is 36.9 Å². The normalized spacial score (nSPS) is 13.7. The van der Waals surface area contributed by atoms with Gasteiger partial charge in [0.15, 0.2) is 5.96 Å². The van der Waals surface area contributed by atoms with Gasteiger partial charge in [0, 0.05) is 29.7 Å². The third-order valence-corrected chi connectivity index (χ3v) is 4.22. The van der Waals surface area contributed by atoms with E-state index in [0.717, 1.165) is 4.47 Å². The van der Waals surface area contributed by atoms with Gasteiger partial charge in [0.05, 0.1) is 12.8 Å². The average molecular weight is 437 g/mol. The largest absolute Gasteiger partial charge is 0.466 e. The van der Waals surface area contributed by atoms with Gasteiger partial charge in [0.1, 0.15) is 11.4 Å². The van der Waals surface area contributed by atoms with Crippen molar-refractivity contribution in [3.05, 3.63) is 58.5 Å². The maximum atomic E-state index is 12.1. The Balaban J connectivity index is 1.82. The van der Waals surface area contributed by atoms with Crippen LogP contribution in [-0.4, -0.2) is 43.2 Å². The fourth-order valence-electron chi connectivity index (χ4n) is 2.33. The molecule has 146 valence electrons. The van der Waals surface area contributed by atoms with Crippen molar-refractivity contribution in [2.45, 2.75) is 19.4 Å². The summed E-state index contributed by atoms with van der Waals surface area (Å²) in [7, 11) is 0. The Hall–Kier alpha value is -2.32. The molecule has 1 heterocycles. The second kappa shape index (κ2) is 10.1. The number of carbonyl (C=O) groups is 1. The summed E-state index contributed by atoms with van der Waals surface area (Å²) in [6.45, 7) is 5.35. The molecule has 0 aliphatic carbocycles. The van der Waals surface area contributed by atoms with Crippen molar-refractivity contribution < 1.29 is 14.3 Å². The summed E-state index contributed by atoms with van der Waals surface area (Å²) in [6.07, 6.45) is 1.52. The second-order valence-corrected chi connectivity index (χ2v) is 7.06. The topological polar surface area (TPSA) is 98.9 Å². The van der Waals surface area contributed by atoms with Gasteiger partial charge in [-0.15, -0.1) is 0 Å². The van der Waals surface area contributed by atoms with Crippen LogP contribution in [0.4, 0.5) is 0 Å². The van der Waals surface area contributed by atoms with Crippen LogP contribution in [0.2, 0.25) is 0 Å². The van der Waals surface area contributed by atoms with Gasteiger partial charge < -0.3 is 25.5 Å². The van der Waals surface area contributed by atoms with Crippen LogP contribution in [0.25, 0.3) is 0 Å².